The van der Waals surface area contributed by atoms with E-state index in [0.29, 0.717) is 19.0 Å². The van der Waals surface area contributed by atoms with E-state index in [2.05, 4.69) is 20.5 Å². The Morgan fingerprint density at radius 2 is 1.76 bits per heavy atom. The first kappa shape index (κ1) is 17.1. The lowest BCUT2D eigenvalue weighted by Crippen LogP contribution is -2.40. The monoisotopic (exact) mass is 351 g/mol. The smallest absolute Gasteiger partial charge is 0.324 e. The van der Waals surface area contributed by atoms with Crippen LogP contribution in [0.2, 0.25) is 0 Å². The third-order valence-corrected chi connectivity index (χ3v) is 4.15. The van der Waals surface area contributed by atoms with Gasteiger partial charge < -0.3 is 4.90 Å². The molecular formula is C16H16F3N5O. The highest BCUT2D eigenvalue weighted by Gasteiger charge is 2.33. The van der Waals surface area contributed by atoms with Gasteiger partial charge in [-0.3, -0.25) is 10.3 Å². The molecule has 9 heteroatoms. The number of nitrogens with one attached hydrogen (secondary N) is 1. The molecule has 0 bridgehead atoms. The van der Waals surface area contributed by atoms with Crippen molar-refractivity contribution in [1.82, 2.24) is 20.1 Å². The summed E-state index contributed by atoms with van der Waals surface area (Å²) in [5.74, 6) is 0.368. The van der Waals surface area contributed by atoms with Crippen LogP contribution in [-0.2, 0) is 6.18 Å². The van der Waals surface area contributed by atoms with Gasteiger partial charge in [-0.25, -0.2) is 4.79 Å². The van der Waals surface area contributed by atoms with Crippen LogP contribution in [-0.4, -0.2) is 39.2 Å². The SMILES string of the molecule is O=C(Nc1ccc(C(F)(F)F)nn1)N1CCC(c2ccncc2)CC1. The zero-order valence-electron chi connectivity index (χ0n) is 13.2. The van der Waals surface area contributed by atoms with Gasteiger partial charge in [0.15, 0.2) is 11.5 Å². The predicted molar refractivity (Wildman–Crippen MR) is 83.8 cm³/mol. The molecular weight excluding hydrogens is 335 g/mol. The van der Waals surface area contributed by atoms with Gasteiger partial charge in [-0.15, -0.1) is 10.2 Å². The van der Waals surface area contributed by atoms with Crippen molar-refractivity contribution in [2.45, 2.75) is 24.9 Å². The summed E-state index contributed by atoms with van der Waals surface area (Å²) in [5, 5.41) is 8.97. The lowest BCUT2D eigenvalue weighted by Gasteiger charge is -2.32. The van der Waals surface area contributed by atoms with E-state index in [-0.39, 0.29) is 11.8 Å². The van der Waals surface area contributed by atoms with Crippen LogP contribution < -0.4 is 5.32 Å². The lowest BCUT2D eigenvalue weighted by molar-refractivity contribution is -0.141. The number of carbonyl (C=O) groups is 1. The molecule has 1 fully saturated rings. The standard InChI is InChI=1S/C16H16F3N5O/c17-16(18,19)13-1-2-14(23-22-13)21-15(25)24-9-5-12(6-10-24)11-3-7-20-8-4-11/h1-4,7-8,12H,5-6,9-10H2,(H,21,23,25). The molecule has 0 spiro atoms. The molecule has 0 saturated carbocycles. The van der Waals surface area contributed by atoms with Crippen LogP contribution >= 0.6 is 0 Å². The highest BCUT2D eigenvalue weighted by molar-refractivity contribution is 5.88. The maximum absolute atomic E-state index is 12.4. The van der Waals surface area contributed by atoms with Crippen molar-refractivity contribution in [3.63, 3.8) is 0 Å². The maximum atomic E-state index is 12.4. The number of urea groups is 1. The molecule has 1 aliphatic rings. The van der Waals surface area contributed by atoms with Crippen molar-refractivity contribution in [3.8, 4) is 0 Å². The first-order valence-corrected chi connectivity index (χ1v) is 7.80. The largest absolute Gasteiger partial charge is 0.435 e. The number of rotatable bonds is 2. The van der Waals surface area contributed by atoms with Crippen molar-refractivity contribution in [2.75, 3.05) is 18.4 Å². The number of hydrogen-bond donors (Lipinski definition) is 1. The van der Waals surface area contributed by atoms with Gasteiger partial charge in [0.25, 0.3) is 0 Å². The maximum Gasteiger partial charge on any atom is 0.435 e. The third-order valence-electron chi connectivity index (χ3n) is 4.15. The number of pyridine rings is 1. The zero-order valence-corrected chi connectivity index (χ0v) is 13.2. The predicted octanol–water partition coefficient (Wildman–Crippen LogP) is 3.30. The van der Waals surface area contributed by atoms with E-state index >= 15 is 0 Å². The zero-order chi connectivity index (χ0) is 17.9. The van der Waals surface area contributed by atoms with E-state index in [0.717, 1.165) is 25.0 Å². The summed E-state index contributed by atoms with van der Waals surface area (Å²) in [4.78, 5) is 17.8. The summed E-state index contributed by atoms with van der Waals surface area (Å²) < 4.78 is 37.3. The highest BCUT2D eigenvalue weighted by atomic mass is 19.4. The van der Waals surface area contributed by atoms with Gasteiger partial charge >= 0.3 is 12.2 Å². The normalized spacial score (nSPS) is 15.9. The number of aromatic nitrogens is 3. The van der Waals surface area contributed by atoms with Gasteiger partial charge in [0.2, 0.25) is 0 Å². The Hall–Kier alpha value is -2.71. The summed E-state index contributed by atoms with van der Waals surface area (Å²) in [6.07, 6.45) is 0.575. The third kappa shape index (κ3) is 4.23. The number of halogens is 3. The molecule has 0 unspecified atom stereocenters. The van der Waals surface area contributed by atoms with Crippen LogP contribution in [0.15, 0.2) is 36.7 Å². The Bertz CT molecular complexity index is 713. The second-order valence-electron chi connectivity index (χ2n) is 5.77. The molecule has 2 aromatic rings. The summed E-state index contributed by atoms with van der Waals surface area (Å²) in [7, 11) is 0. The van der Waals surface area contributed by atoms with E-state index < -0.39 is 11.9 Å². The number of anilines is 1. The molecule has 3 heterocycles. The summed E-state index contributed by atoms with van der Waals surface area (Å²) in [5.41, 5.74) is 0.104. The number of nitrogens with zero attached hydrogens (tertiary/aromatic N) is 4. The van der Waals surface area contributed by atoms with Crippen molar-refractivity contribution < 1.29 is 18.0 Å². The second-order valence-corrected chi connectivity index (χ2v) is 5.77. The van der Waals surface area contributed by atoms with E-state index in [1.165, 1.54) is 5.56 Å². The Labute approximate surface area is 142 Å². The van der Waals surface area contributed by atoms with Gasteiger partial charge in [-0.1, -0.05) is 0 Å². The molecule has 1 saturated heterocycles. The van der Waals surface area contributed by atoms with E-state index in [1.807, 2.05) is 12.1 Å². The average Bonchev–Trinajstić information content (AvgIpc) is 2.62. The topological polar surface area (TPSA) is 71.0 Å². The fourth-order valence-electron chi connectivity index (χ4n) is 2.79. The number of likely N-dealkylation sites (tertiary alicyclic amines) is 1. The van der Waals surface area contributed by atoms with Crippen LogP contribution in [0.4, 0.5) is 23.8 Å². The minimum absolute atomic E-state index is 0.00532. The number of alkyl halides is 3. The van der Waals surface area contributed by atoms with Crippen LogP contribution in [0, 0.1) is 0 Å². The van der Waals surface area contributed by atoms with Gasteiger partial charge in [0, 0.05) is 25.5 Å². The first-order chi connectivity index (χ1) is 11.9. The number of carbonyl (C=O) groups excluding carboxylic acids is 1. The fourth-order valence-corrected chi connectivity index (χ4v) is 2.79. The van der Waals surface area contributed by atoms with Crippen LogP contribution in [0.25, 0.3) is 0 Å². The van der Waals surface area contributed by atoms with Crippen molar-refractivity contribution in [2.24, 2.45) is 0 Å². The first-order valence-electron chi connectivity index (χ1n) is 7.80. The summed E-state index contributed by atoms with van der Waals surface area (Å²) in [6, 6.07) is 5.44. The molecule has 6 nitrogen and oxygen atoms in total. The molecule has 0 atom stereocenters. The molecule has 132 valence electrons. The molecule has 0 aliphatic carbocycles. The van der Waals surface area contributed by atoms with E-state index in [9.17, 15) is 18.0 Å². The average molecular weight is 351 g/mol. The molecule has 2 aromatic heterocycles. The van der Waals surface area contributed by atoms with Gasteiger partial charge in [0.1, 0.15) is 0 Å². The molecule has 0 aromatic carbocycles. The van der Waals surface area contributed by atoms with Crippen LogP contribution in [0.5, 0.6) is 0 Å². The van der Waals surface area contributed by atoms with Crippen LogP contribution in [0.3, 0.4) is 0 Å². The Morgan fingerprint density at radius 1 is 1.08 bits per heavy atom. The molecule has 3 rings (SSSR count). The van der Waals surface area contributed by atoms with E-state index in [4.69, 9.17) is 0 Å². The summed E-state index contributed by atoms with van der Waals surface area (Å²) >= 11 is 0. The van der Waals surface area contributed by atoms with Gasteiger partial charge in [-0.05, 0) is 48.6 Å². The Balaban J connectivity index is 1.54. The molecule has 25 heavy (non-hydrogen) atoms. The van der Waals surface area contributed by atoms with E-state index in [1.54, 1.807) is 17.3 Å². The minimum Gasteiger partial charge on any atom is -0.324 e. The number of hydrogen-bond acceptors (Lipinski definition) is 4. The van der Waals surface area contributed by atoms with Crippen molar-refractivity contribution >= 4 is 11.8 Å². The summed E-state index contributed by atoms with van der Waals surface area (Å²) in [6.45, 7) is 1.12. The van der Waals surface area contributed by atoms with Gasteiger partial charge in [0.05, 0.1) is 0 Å². The minimum atomic E-state index is -4.55. The molecule has 1 aliphatic heterocycles. The second kappa shape index (κ2) is 7.04. The Morgan fingerprint density at radius 3 is 2.32 bits per heavy atom. The van der Waals surface area contributed by atoms with Crippen LogP contribution in [0.1, 0.15) is 30.0 Å². The highest BCUT2D eigenvalue weighted by Crippen LogP contribution is 2.28. The fraction of sp³-hybridized carbons (Fsp3) is 0.375. The molecule has 0 radical (unpaired) electrons. The van der Waals surface area contributed by atoms with Crippen molar-refractivity contribution in [3.05, 3.63) is 47.9 Å². The lowest BCUT2D eigenvalue weighted by atomic mass is 9.90. The molecule has 2 amide bonds. The number of amides is 2. The van der Waals surface area contributed by atoms with Gasteiger partial charge in [-0.2, -0.15) is 13.2 Å². The molecule has 1 N–H and O–H groups in total. The number of piperidine rings is 1. The quantitative estimate of drug-likeness (QED) is 0.901. The van der Waals surface area contributed by atoms with Crippen molar-refractivity contribution in [1.29, 1.82) is 0 Å². The Kier molecular flexibility index (Phi) is 4.82.